The molecule has 1 aromatic rings. The van der Waals surface area contributed by atoms with E-state index >= 15 is 0 Å². The van der Waals surface area contributed by atoms with Crippen molar-refractivity contribution in [3.63, 3.8) is 0 Å². The van der Waals surface area contributed by atoms with E-state index in [9.17, 15) is 9.59 Å². The molecule has 1 rings (SSSR count). The van der Waals surface area contributed by atoms with Crippen LogP contribution < -0.4 is 0 Å². The molecule has 0 atom stereocenters. The Hall–Kier alpha value is -2.62. The van der Waals surface area contributed by atoms with Gasteiger partial charge in [0, 0.05) is 6.08 Å². The third-order valence-corrected chi connectivity index (χ3v) is 2.12. The maximum atomic E-state index is 11.6. The largest absolute Gasteiger partial charge is 0.386 e. The van der Waals surface area contributed by atoms with Gasteiger partial charge in [-0.3, -0.25) is 0 Å². The molecule has 0 fully saturated rings. The third-order valence-electron chi connectivity index (χ3n) is 2.12. The number of carbonyl (C=O) groups is 2. The van der Waals surface area contributed by atoms with E-state index in [4.69, 9.17) is 0 Å². The molecule has 0 N–H and O–H groups in total. The van der Waals surface area contributed by atoms with E-state index in [2.05, 4.69) is 29.5 Å². The minimum Gasteiger partial charge on any atom is -0.242 e. The first-order valence-electron chi connectivity index (χ1n) is 5.06. The van der Waals surface area contributed by atoms with Crippen LogP contribution in [0.2, 0.25) is 0 Å². The zero-order valence-electron chi connectivity index (χ0n) is 9.72. The molecule has 1 aromatic carbocycles. The molecule has 4 nitrogen and oxygen atoms in total. The molecule has 4 heteroatoms. The van der Waals surface area contributed by atoms with Gasteiger partial charge in [-0.1, -0.05) is 50.1 Å². The Morgan fingerprint density at radius 1 is 1.11 bits per heavy atom. The number of benzene rings is 1. The lowest BCUT2D eigenvalue weighted by atomic mass is 10.0. The summed E-state index contributed by atoms with van der Waals surface area (Å²) in [6, 6.07) is 7.01. The van der Waals surface area contributed by atoms with Gasteiger partial charge in [-0.25, -0.2) is 19.4 Å². The lowest BCUT2D eigenvalue weighted by molar-refractivity contribution is -0.249. The first-order valence-corrected chi connectivity index (χ1v) is 5.06. The van der Waals surface area contributed by atoms with E-state index in [0.717, 1.165) is 11.6 Å². The van der Waals surface area contributed by atoms with E-state index in [0.29, 0.717) is 5.56 Å². The summed E-state index contributed by atoms with van der Waals surface area (Å²) >= 11 is 0. The Balaban J connectivity index is 2.80. The molecular formula is C14H12O4. The molecule has 0 bridgehead atoms. The molecule has 0 saturated heterocycles. The Bertz CT molecular complexity index is 514. The minimum absolute atomic E-state index is 0.0716. The van der Waals surface area contributed by atoms with Gasteiger partial charge in [0.05, 0.1) is 5.57 Å². The molecule has 0 aromatic heterocycles. The predicted octanol–water partition coefficient (Wildman–Crippen LogP) is 2.53. The van der Waals surface area contributed by atoms with E-state index < -0.39 is 11.9 Å². The van der Waals surface area contributed by atoms with E-state index in [1.54, 1.807) is 30.3 Å². The van der Waals surface area contributed by atoms with Crippen LogP contribution in [0.1, 0.15) is 11.1 Å². The second-order valence-corrected chi connectivity index (χ2v) is 3.25. The average molecular weight is 244 g/mol. The van der Waals surface area contributed by atoms with Gasteiger partial charge in [-0.15, -0.1) is 0 Å². The van der Waals surface area contributed by atoms with Gasteiger partial charge in [-0.05, 0) is 11.1 Å². The fourth-order valence-corrected chi connectivity index (χ4v) is 1.22. The number of hydrogen-bond acceptors (Lipinski definition) is 4. The van der Waals surface area contributed by atoms with Crippen molar-refractivity contribution in [3.8, 4) is 0 Å². The quantitative estimate of drug-likeness (QED) is 0.464. The van der Waals surface area contributed by atoms with E-state index in [-0.39, 0.29) is 5.57 Å². The van der Waals surface area contributed by atoms with Gasteiger partial charge in [0.1, 0.15) is 0 Å². The fraction of sp³-hybridized carbons (Fsp3) is 0. The lowest BCUT2D eigenvalue weighted by Gasteiger charge is -2.07. The molecule has 0 amide bonds. The maximum Gasteiger partial charge on any atom is 0.386 e. The van der Waals surface area contributed by atoms with Crippen LogP contribution in [-0.4, -0.2) is 11.9 Å². The molecule has 0 aliphatic carbocycles. The molecule has 0 unspecified atom stereocenters. The highest BCUT2D eigenvalue weighted by Crippen LogP contribution is 2.19. The molecule has 92 valence electrons. The van der Waals surface area contributed by atoms with Crippen LogP contribution in [-0.2, 0) is 19.4 Å². The van der Waals surface area contributed by atoms with Crippen molar-refractivity contribution in [2.75, 3.05) is 0 Å². The summed E-state index contributed by atoms with van der Waals surface area (Å²) in [4.78, 5) is 30.8. The van der Waals surface area contributed by atoms with Crippen molar-refractivity contribution in [1.82, 2.24) is 0 Å². The molecule has 18 heavy (non-hydrogen) atoms. The van der Waals surface area contributed by atoms with Crippen LogP contribution in [0.15, 0.2) is 50.1 Å². The average Bonchev–Trinajstić information content (AvgIpc) is 2.43. The van der Waals surface area contributed by atoms with Gasteiger partial charge in [0.2, 0.25) is 0 Å². The molecule has 0 heterocycles. The van der Waals surface area contributed by atoms with Gasteiger partial charge < -0.3 is 0 Å². The van der Waals surface area contributed by atoms with Crippen LogP contribution in [0.4, 0.5) is 0 Å². The van der Waals surface area contributed by atoms with Gasteiger partial charge in [0.15, 0.2) is 0 Å². The summed E-state index contributed by atoms with van der Waals surface area (Å²) < 4.78 is 0. The highest BCUT2D eigenvalue weighted by atomic mass is 17.2. The topological polar surface area (TPSA) is 52.6 Å². The van der Waals surface area contributed by atoms with Crippen LogP contribution in [0.25, 0.3) is 11.6 Å². The summed E-state index contributed by atoms with van der Waals surface area (Å²) in [5.41, 5.74) is 1.36. The van der Waals surface area contributed by atoms with Crippen LogP contribution in [0.3, 0.4) is 0 Å². The molecule has 0 radical (unpaired) electrons. The number of hydrogen-bond donors (Lipinski definition) is 0. The second-order valence-electron chi connectivity index (χ2n) is 3.25. The van der Waals surface area contributed by atoms with Crippen LogP contribution >= 0.6 is 0 Å². The highest BCUT2D eigenvalue weighted by Gasteiger charge is 2.15. The third kappa shape index (κ3) is 3.18. The van der Waals surface area contributed by atoms with E-state index in [1.807, 2.05) is 0 Å². The monoisotopic (exact) mass is 244 g/mol. The van der Waals surface area contributed by atoms with Crippen molar-refractivity contribution in [3.05, 3.63) is 61.2 Å². The summed E-state index contributed by atoms with van der Waals surface area (Å²) in [7, 11) is 0. The van der Waals surface area contributed by atoms with Gasteiger partial charge >= 0.3 is 11.9 Å². The minimum atomic E-state index is -0.854. The Labute approximate surface area is 105 Å². The second kappa shape index (κ2) is 6.20. The maximum absolute atomic E-state index is 11.6. The highest BCUT2D eigenvalue weighted by molar-refractivity contribution is 6.16. The summed E-state index contributed by atoms with van der Waals surface area (Å²) in [6.07, 6.45) is 2.47. The van der Waals surface area contributed by atoms with Crippen molar-refractivity contribution in [2.45, 2.75) is 0 Å². The van der Waals surface area contributed by atoms with Crippen molar-refractivity contribution in [1.29, 1.82) is 0 Å². The SMILES string of the molecule is C=CC(=O)OOC(=O)C(=C)c1ccccc1C=C. The number of carbonyl (C=O) groups excluding carboxylic acids is 2. The smallest absolute Gasteiger partial charge is 0.242 e. The summed E-state index contributed by atoms with van der Waals surface area (Å²) in [5, 5.41) is 0. The molecular weight excluding hydrogens is 232 g/mol. The lowest BCUT2D eigenvalue weighted by Crippen LogP contribution is -2.11. The summed E-state index contributed by atoms with van der Waals surface area (Å²) in [6.45, 7) is 10.4. The first-order chi connectivity index (χ1) is 8.60. The molecule has 0 spiro atoms. The number of rotatable bonds is 4. The summed E-state index contributed by atoms with van der Waals surface area (Å²) in [5.74, 6) is -1.70. The molecule has 0 saturated carbocycles. The fourth-order valence-electron chi connectivity index (χ4n) is 1.22. The van der Waals surface area contributed by atoms with Crippen molar-refractivity contribution in [2.24, 2.45) is 0 Å². The standard InChI is InChI=1S/C14H12O4/c1-4-11-8-6-7-9-12(11)10(3)14(16)18-17-13(15)5-2/h4-9H,1-3H2. The first kappa shape index (κ1) is 13.4. The zero-order chi connectivity index (χ0) is 13.5. The molecule has 0 aliphatic heterocycles. The van der Waals surface area contributed by atoms with Crippen LogP contribution in [0.5, 0.6) is 0 Å². The van der Waals surface area contributed by atoms with Gasteiger partial charge in [-0.2, -0.15) is 0 Å². The van der Waals surface area contributed by atoms with Crippen LogP contribution in [0, 0.1) is 0 Å². The Morgan fingerprint density at radius 2 is 1.78 bits per heavy atom. The van der Waals surface area contributed by atoms with Gasteiger partial charge in [0.25, 0.3) is 0 Å². The molecule has 0 aliphatic rings. The van der Waals surface area contributed by atoms with Crippen molar-refractivity contribution >= 4 is 23.6 Å². The van der Waals surface area contributed by atoms with E-state index in [1.165, 1.54) is 0 Å². The Morgan fingerprint density at radius 3 is 2.39 bits per heavy atom. The van der Waals surface area contributed by atoms with Crippen molar-refractivity contribution < 1.29 is 19.4 Å². The normalized spacial score (nSPS) is 9.11. The Kier molecular flexibility index (Phi) is 4.63. The predicted molar refractivity (Wildman–Crippen MR) is 67.9 cm³/mol. The zero-order valence-corrected chi connectivity index (χ0v) is 9.72.